The first-order valence-corrected chi connectivity index (χ1v) is 12.0. The molecule has 0 bridgehead atoms. The van der Waals surface area contributed by atoms with Crippen molar-refractivity contribution in [2.45, 2.75) is 43.6 Å². The molecular weight excluding hydrogens is 400 g/mol. The Hall–Kier alpha value is -2.22. The summed E-state index contributed by atoms with van der Waals surface area (Å²) >= 11 is 0. The number of hydrogen-bond acceptors (Lipinski definition) is 4. The molecule has 2 aliphatic rings. The first-order valence-electron chi connectivity index (χ1n) is 10.5. The number of hydrogen-bond donors (Lipinski definition) is 1. The molecule has 1 fully saturated rings. The molecule has 2 aromatic carbocycles. The molecule has 1 N–H and O–H groups in total. The molecule has 2 aromatic rings. The SMILES string of the molecule is CC1CCN(S(=O)(=O)c2ccc(NC(=O)CC3OCCc4ccccc43)cc2)CC1. The molecule has 1 saturated heterocycles. The van der Waals surface area contributed by atoms with E-state index < -0.39 is 10.0 Å². The van der Waals surface area contributed by atoms with Crippen LogP contribution >= 0.6 is 0 Å². The highest BCUT2D eigenvalue weighted by atomic mass is 32.2. The highest BCUT2D eigenvalue weighted by molar-refractivity contribution is 7.89. The van der Waals surface area contributed by atoms with Crippen LogP contribution < -0.4 is 5.32 Å². The lowest BCUT2D eigenvalue weighted by Crippen LogP contribution is -2.37. The lowest BCUT2D eigenvalue weighted by atomic mass is 9.95. The van der Waals surface area contributed by atoms with Crippen LogP contribution in [0.3, 0.4) is 0 Å². The zero-order chi connectivity index (χ0) is 21.1. The Bertz CT molecular complexity index is 996. The van der Waals surface area contributed by atoms with Crippen molar-refractivity contribution in [1.82, 2.24) is 4.31 Å². The largest absolute Gasteiger partial charge is 0.373 e. The standard InChI is InChI=1S/C23H28N2O4S/c1-17-10-13-25(14-11-17)30(27,28)20-8-6-19(7-9-20)24-23(26)16-22-21-5-3-2-4-18(21)12-15-29-22/h2-9,17,22H,10-16H2,1H3,(H,24,26). The number of piperidine rings is 1. The van der Waals surface area contributed by atoms with Gasteiger partial charge in [0.2, 0.25) is 15.9 Å². The molecule has 6 nitrogen and oxygen atoms in total. The van der Waals surface area contributed by atoms with Crippen LogP contribution in [0.5, 0.6) is 0 Å². The van der Waals surface area contributed by atoms with E-state index >= 15 is 0 Å². The van der Waals surface area contributed by atoms with E-state index in [9.17, 15) is 13.2 Å². The Morgan fingerprint density at radius 3 is 2.53 bits per heavy atom. The number of ether oxygens (including phenoxy) is 1. The summed E-state index contributed by atoms with van der Waals surface area (Å²) in [6, 6.07) is 14.5. The fourth-order valence-electron chi connectivity index (χ4n) is 4.11. The average molecular weight is 429 g/mol. The fraction of sp³-hybridized carbons (Fsp3) is 0.435. The van der Waals surface area contributed by atoms with Gasteiger partial charge in [0.15, 0.2) is 0 Å². The summed E-state index contributed by atoms with van der Waals surface area (Å²) in [7, 11) is -3.49. The molecule has 1 unspecified atom stereocenters. The van der Waals surface area contributed by atoms with E-state index in [4.69, 9.17) is 4.74 Å². The minimum absolute atomic E-state index is 0.155. The minimum atomic E-state index is -3.49. The molecule has 0 radical (unpaired) electrons. The number of nitrogens with one attached hydrogen (secondary N) is 1. The minimum Gasteiger partial charge on any atom is -0.373 e. The number of benzene rings is 2. The first-order chi connectivity index (χ1) is 14.4. The zero-order valence-electron chi connectivity index (χ0n) is 17.2. The molecule has 1 amide bonds. The normalized spacial score (nSPS) is 20.5. The molecule has 0 aliphatic carbocycles. The second kappa shape index (κ2) is 8.88. The fourth-order valence-corrected chi connectivity index (χ4v) is 5.58. The van der Waals surface area contributed by atoms with Gasteiger partial charge in [-0.3, -0.25) is 4.79 Å². The highest BCUT2D eigenvalue weighted by Crippen LogP contribution is 2.30. The van der Waals surface area contributed by atoms with Gasteiger partial charge in [-0.25, -0.2) is 8.42 Å². The first kappa shape index (κ1) is 21.0. The summed E-state index contributed by atoms with van der Waals surface area (Å²) in [5.41, 5.74) is 2.87. The molecule has 2 heterocycles. The molecule has 1 atom stereocenters. The van der Waals surface area contributed by atoms with Crippen LogP contribution in [0.4, 0.5) is 5.69 Å². The molecule has 30 heavy (non-hydrogen) atoms. The quantitative estimate of drug-likeness (QED) is 0.787. The average Bonchev–Trinajstić information content (AvgIpc) is 2.75. The third-order valence-electron chi connectivity index (χ3n) is 5.98. The summed E-state index contributed by atoms with van der Waals surface area (Å²) in [6.45, 7) is 3.88. The number of rotatable bonds is 5. The number of sulfonamides is 1. The van der Waals surface area contributed by atoms with Gasteiger partial charge in [0.05, 0.1) is 24.0 Å². The number of nitrogens with zero attached hydrogens (tertiary/aromatic N) is 1. The van der Waals surface area contributed by atoms with Gasteiger partial charge in [-0.15, -0.1) is 0 Å². The predicted molar refractivity (Wildman–Crippen MR) is 116 cm³/mol. The Balaban J connectivity index is 1.39. The van der Waals surface area contributed by atoms with E-state index in [0.29, 0.717) is 31.3 Å². The van der Waals surface area contributed by atoms with Gasteiger partial charge in [-0.05, 0) is 60.6 Å². The van der Waals surface area contributed by atoms with Gasteiger partial charge in [0, 0.05) is 18.8 Å². The van der Waals surface area contributed by atoms with Crippen molar-refractivity contribution >= 4 is 21.6 Å². The number of carbonyl (C=O) groups is 1. The zero-order valence-corrected chi connectivity index (χ0v) is 18.0. The maximum absolute atomic E-state index is 12.8. The molecule has 0 aromatic heterocycles. The molecule has 2 aliphatic heterocycles. The maximum atomic E-state index is 12.8. The lowest BCUT2D eigenvalue weighted by Gasteiger charge is -2.29. The van der Waals surface area contributed by atoms with Gasteiger partial charge in [0.25, 0.3) is 0 Å². The van der Waals surface area contributed by atoms with Crippen molar-refractivity contribution in [2.75, 3.05) is 25.0 Å². The van der Waals surface area contributed by atoms with Crippen molar-refractivity contribution in [1.29, 1.82) is 0 Å². The van der Waals surface area contributed by atoms with E-state index in [1.807, 2.05) is 18.2 Å². The van der Waals surface area contributed by atoms with E-state index in [1.165, 1.54) is 5.56 Å². The molecule has 0 spiro atoms. The summed E-state index contributed by atoms with van der Waals surface area (Å²) in [6.07, 6.45) is 2.61. The molecule has 7 heteroatoms. The van der Waals surface area contributed by atoms with Crippen LogP contribution in [0.1, 0.15) is 43.4 Å². The third kappa shape index (κ3) is 4.58. The van der Waals surface area contributed by atoms with Gasteiger partial charge in [-0.1, -0.05) is 31.2 Å². The predicted octanol–water partition coefficient (Wildman–Crippen LogP) is 3.75. The van der Waals surface area contributed by atoms with Crippen molar-refractivity contribution in [3.8, 4) is 0 Å². The lowest BCUT2D eigenvalue weighted by molar-refractivity contribution is -0.119. The van der Waals surface area contributed by atoms with Crippen LogP contribution in [0.15, 0.2) is 53.4 Å². The van der Waals surface area contributed by atoms with Crippen molar-refractivity contribution in [3.05, 3.63) is 59.7 Å². The van der Waals surface area contributed by atoms with Crippen LogP contribution in [-0.2, 0) is 26.0 Å². The van der Waals surface area contributed by atoms with Crippen LogP contribution in [0, 0.1) is 5.92 Å². The molecule has 0 saturated carbocycles. The number of fused-ring (bicyclic) bond motifs is 1. The van der Waals surface area contributed by atoms with Crippen molar-refractivity contribution in [2.24, 2.45) is 5.92 Å². The van der Waals surface area contributed by atoms with Crippen LogP contribution in [-0.4, -0.2) is 38.3 Å². The Morgan fingerprint density at radius 1 is 1.10 bits per heavy atom. The van der Waals surface area contributed by atoms with E-state index in [1.54, 1.807) is 28.6 Å². The van der Waals surface area contributed by atoms with Crippen LogP contribution in [0.2, 0.25) is 0 Å². The maximum Gasteiger partial charge on any atom is 0.243 e. The van der Waals surface area contributed by atoms with Gasteiger partial charge in [0.1, 0.15) is 0 Å². The van der Waals surface area contributed by atoms with Gasteiger partial charge < -0.3 is 10.1 Å². The number of amides is 1. The Morgan fingerprint density at radius 2 is 1.80 bits per heavy atom. The summed E-state index contributed by atoms with van der Waals surface area (Å²) in [5, 5.41) is 2.86. The van der Waals surface area contributed by atoms with E-state index in [2.05, 4.69) is 18.3 Å². The Kier molecular flexibility index (Phi) is 6.22. The van der Waals surface area contributed by atoms with E-state index in [-0.39, 0.29) is 23.3 Å². The van der Waals surface area contributed by atoms with Crippen molar-refractivity contribution in [3.63, 3.8) is 0 Å². The topological polar surface area (TPSA) is 75.7 Å². The highest BCUT2D eigenvalue weighted by Gasteiger charge is 2.28. The number of carbonyl (C=O) groups excluding carboxylic acids is 1. The third-order valence-corrected chi connectivity index (χ3v) is 7.89. The summed E-state index contributed by atoms with van der Waals surface area (Å²) < 4.78 is 33.0. The number of anilines is 1. The van der Waals surface area contributed by atoms with Gasteiger partial charge in [-0.2, -0.15) is 4.31 Å². The molecular formula is C23H28N2O4S. The smallest absolute Gasteiger partial charge is 0.243 e. The van der Waals surface area contributed by atoms with Gasteiger partial charge >= 0.3 is 0 Å². The second-order valence-corrected chi connectivity index (χ2v) is 10.1. The van der Waals surface area contributed by atoms with Crippen molar-refractivity contribution < 1.29 is 17.9 Å². The monoisotopic (exact) mass is 428 g/mol. The molecule has 160 valence electrons. The summed E-state index contributed by atoms with van der Waals surface area (Å²) in [5.74, 6) is 0.409. The Labute approximate surface area is 178 Å². The molecule has 4 rings (SSSR count). The second-order valence-electron chi connectivity index (χ2n) is 8.17. The van der Waals surface area contributed by atoms with Crippen LogP contribution in [0.25, 0.3) is 0 Å². The van der Waals surface area contributed by atoms with E-state index in [0.717, 1.165) is 24.8 Å². The summed E-state index contributed by atoms with van der Waals surface area (Å²) in [4.78, 5) is 12.8.